The Morgan fingerprint density at radius 1 is 0.600 bits per heavy atom. The standard InChI is InChI=1S/C26H20N2O2/c1-16-23(25(29)27-21-14-6-10-17-8-2-4-12-19(17)21)24(16)26(30)28-22-15-7-11-18-9-3-5-13-20(18)22/h2-15,23-24H,1H2,(H,27,29)(H,28,30)/t23-,24-/m1/s1. The molecular formula is C26H20N2O2. The lowest BCUT2D eigenvalue weighted by atomic mass is 10.1. The smallest absolute Gasteiger partial charge is 0.232 e. The van der Waals surface area contributed by atoms with Crippen LogP contribution in [0.4, 0.5) is 11.4 Å². The fraction of sp³-hybridized carbons (Fsp3) is 0.0769. The quantitative estimate of drug-likeness (QED) is 0.459. The van der Waals surface area contributed by atoms with Gasteiger partial charge in [-0.2, -0.15) is 0 Å². The second-order valence-electron chi connectivity index (χ2n) is 7.56. The van der Waals surface area contributed by atoms with E-state index in [2.05, 4.69) is 17.2 Å². The molecule has 2 amide bonds. The predicted molar refractivity (Wildman–Crippen MR) is 121 cm³/mol. The van der Waals surface area contributed by atoms with Gasteiger partial charge >= 0.3 is 0 Å². The summed E-state index contributed by atoms with van der Waals surface area (Å²) in [6.45, 7) is 3.96. The van der Waals surface area contributed by atoms with Crippen LogP contribution in [-0.4, -0.2) is 11.8 Å². The highest BCUT2D eigenvalue weighted by atomic mass is 16.2. The summed E-state index contributed by atoms with van der Waals surface area (Å²) in [5, 5.41) is 9.99. The Bertz CT molecular complexity index is 1210. The first-order valence-corrected chi connectivity index (χ1v) is 9.89. The van der Waals surface area contributed by atoms with Gasteiger partial charge in [0.25, 0.3) is 0 Å². The molecule has 5 rings (SSSR count). The van der Waals surface area contributed by atoms with E-state index in [0.29, 0.717) is 5.57 Å². The maximum absolute atomic E-state index is 12.9. The Labute approximate surface area is 174 Å². The highest BCUT2D eigenvalue weighted by molar-refractivity contribution is 6.12. The summed E-state index contributed by atoms with van der Waals surface area (Å²) >= 11 is 0. The fourth-order valence-corrected chi connectivity index (χ4v) is 4.04. The molecule has 30 heavy (non-hydrogen) atoms. The van der Waals surface area contributed by atoms with Gasteiger partial charge in [0.15, 0.2) is 0 Å². The average Bonchev–Trinajstić information content (AvgIpc) is 3.45. The van der Waals surface area contributed by atoms with Crippen molar-refractivity contribution in [3.63, 3.8) is 0 Å². The molecule has 4 aromatic rings. The highest BCUT2D eigenvalue weighted by Gasteiger charge is 2.52. The Balaban J connectivity index is 1.33. The van der Waals surface area contributed by atoms with Crippen molar-refractivity contribution in [1.82, 2.24) is 0 Å². The molecule has 2 N–H and O–H groups in total. The molecular weight excluding hydrogens is 372 g/mol. The Hall–Kier alpha value is -3.92. The van der Waals surface area contributed by atoms with Gasteiger partial charge in [-0.1, -0.05) is 84.9 Å². The van der Waals surface area contributed by atoms with Crippen LogP contribution in [0, 0.1) is 11.8 Å². The molecule has 1 aliphatic carbocycles. The maximum atomic E-state index is 12.9. The van der Waals surface area contributed by atoms with Crippen LogP contribution in [0.15, 0.2) is 97.1 Å². The zero-order chi connectivity index (χ0) is 20.7. The average molecular weight is 392 g/mol. The SMILES string of the molecule is C=C1[C@@H](C(=O)Nc2cccc3ccccc23)[C@@H]1C(=O)Nc1cccc2ccccc12. The van der Waals surface area contributed by atoms with Crippen molar-refractivity contribution in [1.29, 1.82) is 0 Å². The number of fused-ring (bicyclic) bond motifs is 2. The summed E-state index contributed by atoms with van der Waals surface area (Å²) in [5.74, 6) is -1.43. The number of carbonyl (C=O) groups is 2. The molecule has 4 aromatic carbocycles. The first kappa shape index (κ1) is 18.1. The van der Waals surface area contributed by atoms with E-state index in [4.69, 9.17) is 0 Å². The van der Waals surface area contributed by atoms with E-state index in [1.54, 1.807) is 0 Å². The van der Waals surface area contributed by atoms with E-state index in [1.807, 2.05) is 84.9 Å². The molecule has 0 radical (unpaired) electrons. The highest BCUT2D eigenvalue weighted by Crippen LogP contribution is 2.46. The van der Waals surface area contributed by atoms with Crippen molar-refractivity contribution in [2.75, 3.05) is 10.6 Å². The number of anilines is 2. The zero-order valence-corrected chi connectivity index (χ0v) is 16.3. The molecule has 1 fully saturated rings. The largest absolute Gasteiger partial charge is 0.325 e. The van der Waals surface area contributed by atoms with Gasteiger partial charge in [0.05, 0.1) is 11.8 Å². The molecule has 0 unspecified atom stereocenters. The molecule has 1 saturated carbocycles. The molecule has 0 spiro atoms. The summed E-state index contributed by atoms with van der Waals surface area (Å²) in [4.78, 5) is 25.7. The second kappa shape index (κ2) is 7.16. The molecule has 1 aliphatic rings. The molecule has 2 atom stereocenters. The molecule has 0 heterocycles. The number of carbonyl (C=O) groups excluding carboxylic acids is 2. The monoisotopic (exact) mass is 392 g/mol. The number of nitrogens with one attached hydrogen (secondary N) is 2. The van der Waals surface area contributed by atoms with Crippen molar-refractivity contribution >= 4 is 44.7 Å². The van der Waals surface area contributed by atoms with Gasteiger partial charge in [-0.15, -0.1) is 0 Å². The minimum atomic E-state index is -0.515. The molecule has 4 nitrogen and oxygen atoms in total. The number of hydrogen-bond donors (Lipinski definition) is 2. The summed E-state index contributed by atoms with van der Waals surface area (Å²) in [6, 6.07) is 27.3. The zero-order valence-electron chi connectivity index (χ0n) is 16.3. The lowest BCUT2D eigenvalue weighted by Crippen LogP contribution is -2.20. The van der Waals surface area contributed by atoms with Gasteiger partial charge in [0.2, 0.25) is 11.8 Å². The predicted octanol–water partition coefficient (Wildman–Crippen LogP) is 5.37. The summed E-state index contributed by atoms with van der Waals surface area (Å²) in [5.41, 5.74) is 2.13. The molecule has 0 saturated heterocycles. The van der Waals surface area contributed by atoms with Crippen LogP contribution in [0.1, 0.15) is 0 Å². The van der Waals surface area contributed by atoms with E-state index in [0.717, 1.165) is 32.9 Å². The van der Waals surface area contributed by atoms with Crippen molar-refractivity contribution in [3.8, 4) is 0 Å². The van der Waals surface area contributed by atoms with Crippen molar-refractivity contribution in [3.05, 3.63) is 97.1 Å². The van der Waals surface area contributed by atoms with Crippen LogP contribution < -0.4 is 10.6 Å². The van der Waals surface area contributed by atoms with Gasteiger partial charge in [-0.3, -0.25) is 9.59 Å². The third-order valence-corrected chi connectivity index (χ3v) is 5.68. The first-order chi connectivity index (χ1) is 14.6. The maximum Gasteiger partial charge on any atom is 0.232 e. The number of amides is 2. The van der Waals surface area contributed by atoms with Gasteiger partial charge in [-0.05, 0) is 22.9 Å². The minimum Gasteiger partial charge on any atom is -0.325 e. The van der Waals surface area contributed by atoms with Crippen LogP contribution in [0.2, 0.25) is 0 Å². The van der Waals surface area contributed by atoms with Crippen molar-refractivity contribution in [2.45, 2.75) is 0 Å². The summed E-state index contributed by atoms with van der Waals surface area (Å²) in [7, 11) is 0. The second-order valence-corrected chi connectivity index (χ2v) is 7.56. The lowest BCUT2D eigenvalue weighted by molar-refractivity contribution is -0.122. The van der Waals surface area contributed by atoms with E-state index in [-0.39, 0.29) is 11.8 Å². The van der Waals surface area contributed by atoms with Crippen LogP contribution in [-0.2, 0) is 9.59 Å². The van der Waals surface area contributed by atoms with Gasteiger partial charge in [0.1, 0.15) is 0 Å². The number of hydrogen-bond acceptors (Lipinski definition) is 2. The molecule has 146 valence electrons. The molecule has 0 aliphatic heterocycles. The third-order valence-electron chi connectivity index (χ3n) is 5.68. The number of rotatable bonds is 4. The normalized spacial score (nSPS) is 17.7. The molecule has 0 aromatic heterocycles. The van der Waals surface area contributed by atoms with E-state index in [1.165, 1.54) is 0 Å². The minimum absolute atomic E-state index is 0.200. The van der Waals surface area contributed by atoms with Gasteiger partial charge in [0, 0.05) is 22.1 Å². The Morgan fingerprint density at radius 3 is 1.47 bits per heavy atom. The summed E-state index contributed by atoms with van der Waals surface area (Å²) < 4.78 is 0. The van der Waals surface area contributed by atoms with Crippen molar-refractivity contribution < 1.29 is 9.59 Å². The summed E-state index contributed by atoms with van der Waals surface area (Å²) in [6.07, 6.45) is 0. The van der Waals surface area contributed by atoms with Crippen LogP contribution in [0.25, 0.3) is 21.5 Å². The first-order valence-electron chi connectivity index (χ1n) is 9.89. The van der Waals surface area contributed by atoms with E-state index in [9.17, 15) is 9.59 Å². The topological polar surface area (TPSA) is 58.2 Å². The number of benzene rings is 4. The van der Waals surface area contributed by atoms with Crippen molar-refractivity contribution in [2.24, 2.45) is 11.8 Å². The van der Waals surface area contributed by atoms with E-state index >= 15 is 0 Å². The van der Waals surface area contributed by atoms with E-state index < -0.39 is 11.8 Å². The third kappa shape index (κ3) is 3.12. The Morgan fingerprint density at radius 2 is 1.00 bits per heavy atom. The van der Waals surface area contributed by atoms with Gasteiger partial charge in [-0.25, -0.2) is 0 Å². The van der Waals surface area contributed by atoms with Crippen LogP contribution in [0.3, 0.4) is 0 Å². The lowest BCUT2D eigenvalue weighted by Gasteiger charge is -2.09. The Kier molecular flexibility index (Phi) is 4.32. The van der Waals surface area contributed by atoms with Crippen LogP contribution in [0.5, 0.6) is 0 Å². The van der Waals surface area contributed by atoms with Crippen LogP contribution >= 0.6 is 0 Å². The molecule has 0 bridgehead atoms. The van der Waals surface area contributed by atoms with Gasteiger partial charge < -0.3 is 10.6 Å². The fourth-order valence-electron chi connectivity index (χ4n) is 4.04. The molecule has 4 heteroatoms.